The summed E-state index contributed by atoms with van der Waals surface area (Å²) in [5.41, 5.74) is 2.30. The largest absolute Gasteiger partial charge is 0.466 e. The number of piperidine rings is 1. The lowest BCUT2D eigenvalue weighted by Gasteiger charge is -2.30. The standard InChI is InChI=1S/C18H24N4O2/c1-3-24-18(23)16-8-10-22(11-9-16)12-14-4-6-15(7-5-14)17-19-13-21(2)20-17/h4-7,13,16H,3,8-12H2,1-2H3. The van der Waals surface area contributed by atoms with E-state index in [1.165, 1.54) is 5.56 Å². The van der Waals surface area contributed by atoms with Crippen molar-refractivity contribution in [1.29, 1.82) is 0 Å². The Hall–Kier alpha value is -2.21. The SMILES string of the molecule is CCOC(=O)C1CCN(Cc2ccc(-c3ncn(C)n3)cc2)CC1. The first-order valence-corrected chi connectivity index (χ1v) is 8.49. The van der Waals surface area contributed by atoms with Crippen LogP contribution in [0.1, 0.15) is 25.3 Å². The van der Waals surface area contributed by atoms with Crippen molar-refractivity contribution in [3.05, 3.63) is 36.2 Å². The minimum Gasteiger partial charge on any atom is -0.466 e. The first-order chi connectivity index (χ1) is 11.7. The lowest BCUT2D eigenvalue weighted by atomic mass is 9.96. The van der Waals surface area contributed by atoms with Gasteiger partial charge in [0.1, 0.15) is 6.33 Å². The van der Waals surface area contributed by atoms with Crippen LogP contribution >= 0.6 is 0 Å². The number of benzene rings is 1. The highest BCUT2D eigenvalue weighted by atomic mass is 16.5. The van der Waals surface area contributed by atoms with Gasteiger partial charge in [-0.25, -0.2) is 4.98 Å². The van der Waals surface area contributed by atoms with Crippen molar-refractivity contribution in [2.24, 2.45) is 13.0 Å². The molecular weight excluding hydrogens is 304 g/mol. The minimum atomic E-state index is -0.0376. The van der Waals surface area contributed by atoms with Gasteiger partial charge in [-0.3, -0.25) is 14.4 Å². The zero-order valence-electron chi connectivity index (χ0n) is 14.3. The smallest absolute Gasteiger partial charge is 0.309 e. The van der Waals surface area contributed by atoms with Gasteiger partial charge in [-0.15, -0.1) is 0 Å². The van der Waals surface area contributed by atoms with Crippen molar-refractivity contribution in [2.45, 2.75) is 26.3 Å². The topological polar surface area (TPSA) is 60.2 Å². The average molecular weight is 328 g/mol. The number of hydrogen-bond donors (Lipinski definition) is 0. The van der Waals surface area contributed by atoms with Gasteiger partial charge in [0.2, 0.25) is 0 Å². The summed E-state index contributed by atoms with van der Waals surface area (Å²) in [5.74, 6) is 0.780. The highest BCUT2D eigenvalue weighted by Crippen LogP contribution is 2.21. The molecule has 1 aromatic heterocycles. The molecule has 0 N–H and O–H groups in total. The number of nitrogens with zero attached hydrogens (tertiary/aromatic N) is 4. The van der Waals surface area contributed by atoms with Crippen LogP contribution in [-0.4, -0.2) is 45.3 Å². The second-order valence-electron chi connectivity index (χ2n) is 6.24. The van der Waals surface area contributed by atoms with Crippen LogP contribution in [0.5, 0.6) is 0 Å². The van der Waals surface area contributed by atoms with Crippen LogP contribution in [0.15, 0.2) is 30.6 Å². The summed E-state index contributed by atoms with van der Waals surface area (Å²) in [6.45, 7) is 5.11. The summed E-state index contributed by atoms with van der Waals surface area (Å²) >= 11 is 0. The maximum atomic E-state index is 11.8. The third-order valence-electron chi connectivity index (χ3n) is 4.43. The molecule has 1 saturated heterocycles. The first kappa shape index (κ1) is 16.6. The van der Waals surface area contributed by atoms with E-state index in [0.29, 0.717) is 6.61 Å². The summed E-state index contributed by atoms with van der Waals surface area (Å²) in [4.78, 5) is 18.4. The Bertz CT molecular complexity index is 673. The third-order valence-corrected chi connectivity index (χ3v) is 4.43. The number of likely N-dealkylation sites (tertiary alicyclic amines) is 1. The van der Waals surface area contributed by atoms with E-state index >= 15 is 0 Å². The molecule has 0 aliphatic carbocycles. The molecular formula is C18H24N4O2. The van der Waals surface area contributed by atoms with Crippen molar-refractivity contribution in [1.82, 2.24) is 19.7 Å². The highest BCUT2D eigenvalue weighted by molar-refractivity contribution is 5.72. The number of ether oxygens (including phenoxy) is 1. The Kier molecular flexibility index (Phi) is 5.25. The average Bonchev–Trinajstić information content (AvgIpc) is 3.03. The van der Waals surface area contributed by atoms with Crippen LogP contribution in [0.4, 0.5) is 0 Å². The Morgan fingerprint density at radius 3 is 2.54 bits per heavy atom. The predicted molar refractivity (Wildman–Crippen MR) is 91.1 cm³/mol. The molecule has 1 aromatic carbocycles. The summed E-state index contributed by atoms with van der Waals surface area (Å²) < 4.78 is 6.83. The van der Waals surface area contributed by atoms with Crippen LogP contribution in [0.2, 0.25) is 0 Å². The molecule has 128 valence electrons. The number of esters is 1. The fraction of sp³-hybridized carbons (Fsp3) is 0.500. The van der Waals surface area contributed by atoms with Crippen LogP contribution < -0.4 is 0 Å². The van der Waals surface area contributed by atoms with Crippen LogP contribution in [0, 0.1) is 5.92 Å². The van der Waals surface area contributed by atoms with Gasteiger partial charge in [-0.2, -0.15) is 5.10 Å². The molecule has 6 heteroatoms. The van der Waals surface area contributed by atoms with Crippen molar-refractivity contribution in [3.63, 3.8) is 0 Å². The molecule has 0 saturated carbocycles. The fourth-order valence-corrected chi connectivity index (χ4v) is 3.08. The van der Waals surface area contributed by atoms with E-state index in [-0.39, 0.29) is 11.9 Å². The predicted octanol–water partition coefficient (Wildman–Crippen LogP) is 2.26. The second kappa shape index (κ2) is 7.57. The Labute approximate surface area is 142 Å². The molecule has 2 heterocycles. The van der Waals surface area contributed by atoms with E-state index in [2.05, 4.69) is 39.2 Å². The lowest BCUT2D eigenvalue weighted by Crippen LogP contribution is -2.36. The molecule has 1 fully saturated rings. The van der Waals surface area contributed by atoms with Gasteiger partial charge in [0.15, 0.2) is 5.82 Å². The van der Waals surface area contributed by atoms with Gasteiger partial charge >= 0.3 is 5.97 Å². The van der Waals surface area contributed by atoms with E-state index in [1.807, 2.05) is 14.0 Å². The van der Waals surface area contributed by atoms with E-state index in [0.717, 1.165) is 43.9 Å². The van der Waals surface area contributed by atoms with Crippen molar-refractivity contribution >= 4 is 5.97 Å². The van der Waals surface area contributed by atoms with Gasteiger partial charge in [0.05, 0.1) is 12.5 Å². The van der Waals surface area contributed by atoms with Crippen molar-refractivity contribution in [3.8, 4) is 11.4 Å². The van der Waals surface area contributed by atoms with Gasteiger partial charge in [-0.1, -0.05) is 24.3 Å². The van der Waals surface area contributed by atoms with Gasteiger partial charge in [-0.05, 0) is 38.4 Å². The molecule has 0 radical (unpaired) electrons. The molecule has 1 aliphatic heterocycles. The third kappa shape index (κ3) is 4.00. The first-order valence-electron chi connectivity index (χ1n) is 8.49. The molecule has 24 heavy (non-hydrogen) atoms. The quantitative estimate of drug-likeness (QED) is 0.788. The molecule has 0 unspecified atom stereocenters. The summed E-state index contributed by atoms with van der Waals surface area (Å²) in [6, 6.07) is 8.39. The highest BCUT2D eigenvalue weighted by Gasteiger charge is 2.25. The molecule has 0 spiro atoms. The summed E-state index contributed by atoms with van der Waals surface area (Å²) in [7, 11) is 1.87. The molecule has 2 aromatic rings. The van der Waals surface area contributed by atoms with E-state index in [4.69, 9.17) is 4.74 Å². The molecule has 0 atom stereocenters. The Morgan fingerprint density at radius 2 is 1.96 bits per heavy atom. The van der Waals surface area contributed by atoms with E-state index in [1.54, 1.807) is 11.0 Å². The number of carbonyl (C=O) groups is 1. The lowest BCUT2D eigenvalue weighted by molar-refractivity contribution is -0.149. The normalized spacial score (nSPS) is 16.2. The summed E-state index contributed by atoms with van der Waals surface area (Å²) in [5, 5.41) is 4.32. The Balaban J connectivity index is 1.53. The minimum absolute atomic E-state index is 0.0376. The number of aryl methyl sites for hydroxylation is 1. The molecule has 3 rings (SSSR count). The molecule has 0 bridgehead atoms. The molecule has 0 amide bonds. The van der Waals surface area contributed by atoms with Crippen molar-refractivity contribution < 1.29 is 9.53 Å². The summed E-state index contributed by atoms with van der Waals surface area (Å²) in [6.07, 6.45) is 3.47. The van der Waals surface area contributed by atoms with E-state index < -0.39 is 0 Å². The maximum Gasteiger partial charge on any atom is 0.309 e. The number of rotatable bonds is 5. The van der Waals surface area contributed by atoms with Crippen LogP contribution in [0.3, 0.4) is 0 Å². The maximum absolute atomic E-state index is 11.8. The van der Waals surface area contributed by atoms with Gasteiger partial charge < -0.3 is 4.74 Å². The zero-order chi connectivity index (χ0) is 16.9. The monoisotopic (exact) mass is 328 g/mol. The van der Waals surface area contributed by atoms with Crippen molar-refractivity contribution in [2.75, 3.05) is 19.7 Å². The fourth-order valence-electron chi connectivity index (χ4n) is 3.08. The van der Waals surface area contributed by atoms with Crippen LogP contribution in [0.25, 0.3) is 11.4 Å². The number of hydrogen-bond acceptors (Lipinski definition) is 5. The van der Waals surface area contributed by atoms with Gasteiger partial charge in [0, 0.05) is 19.2 Å². The molecule has 6 nitrogen and oxygen atoms in total. The number of aromatic nitrogens is 3. The Morgan fingerprint density at radius 1 is 1.25 bits per heavy atom. The van der Waals surface area contributed by atoms with Crippen LogP contribution in [-0.2, 0) is 23.1 Å². The number of carbonyl (C=O) groups excluding carboxylic acids is 1. The van der Waals surface area contributed by atoms with E-state index in [9.17, 15) is 4.79 Å². The van der Waals surface area contributed by atoms with Gasteiger partial charge in [0.25, 0.3) is 0 Å². The zero-order valence-corrected chi connectivity index (χ0v) is 14.3. The second-order valence-corrected chi connectivity index (χ2v) is 6.24. The molecule has 1 aliphatic rings.